The Bertz CT molecular complexity index is 969. The van der Waals surface area contributed by atoms with E-state index in [1.54, 1.807) is 24.3 Å². The zero-order chi connectivity index (χ0) is 17.8. The highest BCUT2D eigenvalue weighted by Crippen LogP contribution is 2.17. The lowest BCUT2D eigenvalue weighted by Gasteiger charge is -2.05. The van der Waals surface area contributed by atoms with Crippen molar-refractivity contribution in [2.75, 3.05) is 6.61 Å². The second-order valence-corrected chi connectivity index (χ2v) is 6.42. The van der Waals surface area contributed by atoms with Crippen LogP contribution in [0.3, 0.4) is 0 Å². The smallest absolute Gasteiger partial charge is 0.340 e. The van der Waals surface area contributed by atoms with E-state index in [0.29, 0.717) is 33.9 Å². The van der Waals surface area contributed by atoms with Gasteiger partial charge in [-0.1, -0.05) is 35.1 Å². The highest BCUT2D eigenvalue weighted by Gasteiger charge is 2.13. The van der Waals surface area contributed by atoms with Crippen molar-refractivity contribution in [1.82, 2.24) is 14.6 Å². The predicted octanol–water partition coefficient (Wildman–Crippen LogP) is 2.70. The van der Waals surface area contributed by atoms with Gasteiger partial charge in [-0.25, -0.2) is 9.78 Å². The lowest BCUT2D eigenvalue weighted by atomic mass is 10.2. The molecule has 0 aliphatic heterocycles. The van der Waals surface area contributed by atoms with Crippen molar-refractivity contribution in [2.24, 2.45) is 0 Å². The molecule has 0 saturated carbocycles. The summed E-state index contributed by atoms with van der Waals surface area (Å²) in [5.41, 5.74) is 0.267. The number of ether oxygens (including phenoxy) is 2. The third kappa shape index (κ3) is 4.04. The molecule has 0 bridgehead atoms. The molecule has 0 spiro atoms. The van der Waals surface area contributed by atoms with Crippen LogP contribution in [0, 0.1) is 0 Å². The summed E-state index contributed by atoms with van der Waals surface area (Å²) in [6.45, 7) is 2.62. The Morgan fingerprint density at radius 2 is 2.12 bits per heavy atom. The Morgan fingerprint density at radius 3 is 2.88 bits per heavy atom. The first-order valence-corrected chi connectivity index (χ1v) is 8.66. The predicted molar refractivity (Wildman–Crippen MR) is 93.0 cm³/mol. The number of esters is 1. The third-order valence-electron chi connectivity index (χ3n) is 3.21. The molecule has 7 nitrogen and oxygen atoms in total. The number of rotatable bonds is 6. The van der Waals surface area contributed by atoms with Gasteiger partial charge in [0.2, 0.25) is 4.96 Å². The molecule has 0 atom stereocenters. The van der Waals surface area contributed by atoms with E-state index in [-0.39, 0.29) is 17.7 Å². The third-order valence-corrected chi connectivity index (χ3v) is 4.43. The summed E-state index contributed by atoms with van der Waals surface area (Å²) in [5.74, 6) is -0.575. The maximum atomic E-state index is 12.1. The van der Waals surface area contributed by atoms with Crippen LogP contribution in [0.5, 0.6) is 0 Å². The van der Waals surface area contributed by atoms with Gasteiger partial charge in [0, 0.05) is 12.7 Å². The topological polar surface area (TPSA) is 82.8 Å². The molecule has 0 amide bonds. The Labute approximate surface area is 151 Å². The second-order valence-electron chi connectivity index (χ2n) is 4.97. The highest BCUT2D eigenvalue weighted by molar-refractivity contribution is 7.16. The molecular formula is C16H14ClN3O4S. The van der Waals surface area contributed by atoms with Gasteiger partial charge in [-0.2, -0.15) is 9.61 Å². The summed E-state index contributed by atoms with van der Waals surface area (Å²) < 4.78 is 11.7. The minimum absolute atomic E-state index is 0.130. The fourth-order valence-corrected chi connectivity index (χ4v) is 3.13. The van der Waals surface area contributed by atoms with Gasteiger partial charge >= 0.3 is 5.97 Å². The number of nitrogens with zero attached hydrogens (tertiary/aromatic N) is 3. The maximum Gasteiger partial charge on any atom is 0.340 e. The molecule has 0 N–H and O–H groups in total. The fraction of sp³-hybridized carbons (Fsp3) is 0.250. The molecular weight excluding hydrogens is 366 g/mol. The number of hydrogen-bond acceptors (Lipinski definition) is 7. The molecule has 2 aromatic heterocycles. The first-order valence-electron chi connectivity index (χ1n) is 7.46. The Kier molecular flexibility index (Phi) is 5.42. The summed E-state index contributed by atoms with van der Waals surface area (Å²) >= 11 is 7.21. The van der Waals surface area contributed by atoms with Crippen molar-refractivity contribution in [3.63, 3.8) is 0 Å². The summed E-state index contributed by atoms with van der Waals surface area (Å²) in [5, 5.41) is 5.11. The van der Waals surface area contributed by atoms with Crippen LogP contribution in [0.25, 0.3) is 4.96 Å². The molecule has 0 radical (unpaired) electrons. The lowest BCUT2D eigenvalue weighted by molar-refractivity contribution is 0.0468. The van der Waals surface area contributed by atoms with Crippen LogP contribution in [-0.4, -0.2) is 27.2 Å². The molecule has 0 unspecified atom stereocenters. The molecule has 0 aliphatic carbocycles. The van der Waals surface area contributed by atoms with Gasteiger partial charge in [0.1, 0.15) is 18.2 Å². The van der Waals surface area contributed by atoms with E-state index in [9.17, 15) is 9.59 Å². The Balaban J connectivity index is 1.76. The fourth-order valence-electron chi connectivity index (χ4n) is 2.06. The Morgan fingerprint density at radius 1 is 1.32 bits per heavy atom. The van der Waals surface area contributed by atoms with Gasteiger partial charge in [-0.3, -0.25) is 4.79 Å². The van der Waals surface area contributed by atoms with Crippen molar-refractivity contribution < 1.29 is 14.3 Å². The summed E-state index contributed by atoms with van der Waals surface area (Å²) in [4.78, 5) is 28.9. The first kappa shape index (κ1) is 17.5. The molecule has 0 saturated heterocycles. The van der Waals surface area contributed by atoms with Crippen molar-refractivity contribution in [3.8, 4) is 0 Å². The van der Waals surface area contributed by atoms with Crippen LogP contribution in [0.15, 0.2) is 35.1 Å². The van der Waals surface area contributed by atoms with E-state index in [4.69, 9.17) is 21.1 Å². The van der Waals surface area contributed by atoms with Crippen LogP contribution < -0.4 is 5.56 Å². The number of aromatic nitrogens is 3. The summed E-state index contributed by atoms with van der Waals surface area (Å²) in [6.07, 6.45) is 0. The molecule has 130 valence electrons. The molecule has 9 heteroatoms. The summed E-state index contributed by atoms with van der Waals surface area (Å²) in [6, 6.07) is 7.87. The number of hydrogen-bond donors (Lipinski definition) is 0. The molecule has 1 aromatic carbocycles. The second kappa shape index (κ2) is 7.73. The average molecular weight is 380 g/mol. The average Bonchev–Trinajstić information content (AvgIpc) is 3.02. The van der Waals surface area contributed by atoms with E-state index < -0.39 is 5.97 Å². The standard InChI is InChI=1S/C16H14ClN3O4S/c1-2-23-9-13-19-20-14(21)7-10(18-16(20)25-13)8-24-15(22)11-5-3-4-6-12(11)17/h3-7H,2,8-9H2,1H3. The number of carbonyl (C=O) groups is 1. The first-order chi connectivity index (χ1) is 12.1. The van der Waals surface area contributed by atoms with E-state index in [1.165, 1.54) is 21.9 Å². The minimum atomic E-state index is -0.575. The SMILES string of the molecule is CCOCc1nn2c(=O)cc(COC(=O)c3ccccc3Cl)nc2s1. The van der Waals surface area contributed by atoms with Crippen molar-refractivity contribution in [1.29, 1.82) is 0 Å². The normalized spacial score (nSPS) is 11.0. The molecule has 2 heterocycles. The van der Waals surface area contributed by atoms with Gasteiger partial charge in [0.15, 0.2) is 0 Å². The monoisotopic (exact) mass is 379 g/mol. The molecule has 25 heavy (non-hydrogen) atoms. The number of benzene rings is 1. The van der Waals surface area contributed by atoms with Crippen LogP contribution >= 0.6 is 22.9 Å². The van der Waals surface area contributed by atoms with Crippen molar-refractivity contribution in [2.45, 2.75) is 20.1 Å². The van der Waals surface area contributed by atoms with Crippen LogP contribution in [-0.2, 0) is 22.7 Å². The van der Waals surface area contributed by atoms with E-state index >= 15 is 0 Å². The molecule has 3 aromatic rings. The lowest BCUT2D eigenvalue weighted by Crippen LogP contribution is -2.16. The molecule has 3 rings (SSSR count). The quantitative estimate of drug-likeness (QED) is 0.612. The van der Waals surface area contributed by atoms with Crippen LogP contribution in [0.4, 0.5) is 0 Å². The molecule has 0 aliphatic rings. The zero-order valence-corrected chi connectivity index (χ0v) is 14.8. The maximum absolute atomic E-state index is 12.1. The minimum Gasteiger partial charge on any atom is -0.456 e. The zero-order valence-electron chi connectivity index (χ0n) is 13.3. The van der Waals surface area contributed by atoms with Crippen molar-refractivity contribution >= 4 is 33.9 Å². The van der Waals surface area contributed by atoms with Gasteiger partial charge in [-0.05, 0) is 19.1 Å². The van der Waals surface area contributed by atoms with E-state index in [0.717, 1.165) is 0 Å². The van der Waals surface area contributed by atoms with Crippen LogP contribution in [0.2, 0.25) is 5.02 Å². The van der Waals surface area contributed by atoms with E-state index in [1.807, 2.05) is 6.92 Å². The summed E-state index contributed by atoms with van der Waals surface area (Å²) in [7, 11) is 0. The molecule has 0 fully saturated rings. The van der Waals surface area contributed by atoms with Crippen LogP contribution in [0.1, 0.15) is 28.0 Å². The number of carbonyl (C=O) groups excluding carboxylic acids is 1. The van der Waals surface area contributed by atoms with Crippen molar-refractivity contribution in [3.05, 3.63) is 62.0 Å². The number of halogens is 1. The number of fused-ring (bicyclic) bond motifs is 1. The van der Waals surface area contributed by atoms with Gasteiger partial charge in [0.05, 0.1) is 16.3 Å². The van der Waals surface area contributed by atoms with Gasteiger partial charge in [-0.15, -0.1) is 0 Å². The van der Waals surface area contributed by atoms with E-state index in [2.05, 4.69) is 10.1 Å². The largest absolute Gasteiger partial charge is 0.456 e. The van der Waals surface area contributed by atoms with Gasteiger partial charge < -0.3 is 9.47 Å². The Hall–Kier alpha value is -2.29. The highest BCUT2D eigenvalue weighted by atomic mass is 35.5. The van der Waals surface area contributed by atoms with Gasteiger partial charge in [0.25, 0.3) is 5.56 Å².